The van der Waals surface area contributed by atoms with E-state index in [-0.39, 0.29) is 5.92 Å². The Morgan fingerprint density at radius 3 is 2.76 bits per heavy atom. The molecule has 138 valence electrons. The number of ether oxygens (including phenoxy) is 2. The topological polar surface area (TPSA) is 42.0 Å². The number of benzene rings is 1. The fraction of sp³-hybridized carbons (Fsp3) is 0.650. The lowest BCUT2D eigenvalue weighted by Gasteiger charge is -2.36. The van der Waals surface area contributed by atoms with Crippen molar-refractivity contribution in [2.24, 2.45) is 5.92 Å². The molecule has 3 rings (SSSR count). The van der Waals surface area contributed by atoms with E-state index in [2.05, 4.69) is 17.0 Å². The molecule has 0 saturated carbocycles. The normalized spacial score (nSPS) is 22.1. The number of rotatable bonds is 7. The fourth-order valence-electron chi connectivity index (χ4n) is 3.66. The minimum Gasteiger partial charge on any atom is -0.378 e. The third-order valence-electron chi connectivity index (χ3n) is 5.05. The molecule has 0 unspecified atom stereocenters. The molecule has 1 amide bonds. The van der Waals surface area contributed by atoms with Gasteiger partial charge in [-0.15, -0.1) is 0 Å². The van der Waals surface area contributed by atoms with Gasteiger partial charge >= 0.3 is 0 Å². The lowest BCUT2D eigenvalue weighted by atomic mass is 9.96. The van der Waals surface area contributed by atoms with E-state index < -0.39 is 0 Å². The summed E-state index contributed by atoms with van der Waals surface area (Å²) in [5, 5.41) is 0. The average Bonchev–Trinajstić information content (AvgIpc) is 2.69. The second-order valence-corrected chi connectivity index (χ2v) is 6.97. The first-order valence-electron chi connectivity index (χ1n) is 9.53. The zero-order valence-corrected chi connectivity index (χ0v) is 15.1. The Hall–Kier alpha value is -1.43. The zero-order chi connectivity index (χ0) is 17.3. The quantitative estimate of drug-likeness (QED) is 0.710. The Kier molecular flexibility index (Phi) is 7.27. The van der Waals surface area contributed by atoms with E-state index in [1.165, 1.54) is 5.56 Å². The van der Waals surface area contributed by atoms with Crippen LogP contribution in [0.25, 0.3) is 0 Å². The summed E-state index contributed by atoms with van der Waals surface area (Å²) >= 11 is 0. The first-order chi connectivity index (χ1) is 12.3. The molecule has 1 atom stereocenters. The van der Waals surface area contributed by atoms with Crippen LogP contribution in [0.4, 0.5) is 0 Å². The smallest absolute Gasteiger partial charge is 0.227 e. The van der Waals surface area contributed by atoms with E-state index in [1.54, 1.807) is 0 Å². The largest absolute Gasteiger partial charge is 0.378 e. The van der Waals surface area contributed by atoms with Crippen molar-refractivity contribution in [3.63, 3.8) is 0 Å². The molecule has 0 radical (unpaired) electrons. The van der Waals surface area contributed by atoms with Gasteiger partial charge in [0.2, 0.25) is 5.91 Å². The van der Waals surface area contributed by atoms with Gasteiger partial charge in [-0.05, 0) is 31.4 Å². The van der Waals surface area contributed by atoms with Crippen LogP contribution in [0.2, 0.25) is 0 Å². The Balaban J connectivity index is 1.33. The third kappa shape index (κ3) is 5.80. The van der Waals surface area contributed by atoms with Gasteiger partial charge in [-0.1, -0.05) is 30.3 Å². The summed E-state index contributed by atoms with van der Waals surface area (Å²) < 4.78 is 11.1. The van der Waals surface area contributed by atoms with Crippen molar-refractivity contribution in [1.29, 1.82) is 0 Å². The number of hydrogen-bond donors (Lipinski definition) is 0. The van der Waals surface area contributed by atoms with E-state index in [4.69, 9.17) is 9.47 Å². The number of morpholine rings is 1. The highest BCUT2D eigenvalue weighted by Crippen LogP contribution is 2.19. The molecule has 2 aliphatic heterocycles. The van der Waals surface area contributed by atoms with Gasteiger partial charge in [0.15, 0.2) is 0 Å². The molecule has 25 heavy (non-hydrogen) atoms. The van der Waals surface area contributed by atoms with Crippen molar-refractivity contribution in [3.05, 3.63) is 35.9 Å². The molecule has 0 N–H and O–H groups in total. The number of nitrogens with zero attached hydrogens (tertiary/aromatic N) is 2. The van der Waals surface area contributed by atoms with Crippen molar-refractivity contribution in [3.8, 4) is 0 Å². The maximum Gasteiger partial charge on any atom is 0.227 e. The van der Waals surface area contributed by atoms with Crippen molar-refractivity contribution >= 4 is 5.91 Å². The molecule has 0 aliphatic carbocycles. The maximum atomic E-state index is 12.7. The zero-order valence-electron chi connectivity index (χ0n) is 15.1. The standard InChI is InChI=1S/C20H30N2O3/c23-20(22-11-14-24-15-12-22)19-8-4-9-21(16-19)10-5-13-25-17-18-6-2-1-3-7-18/h1-3,6-7,19H,4-5,8-17H2/t19-/m0/s1. The highest BCUT2D eigenvalue weighted by molar-refractivity contribution is 5.79. The summed E-state index contributed by atoms with van der Waals surface area (Å²) in [6, 6.07) is 10.3. The van der Waals surface area contributed by atoms with E-state index in [0.717, 1.165) is 58.6 Å². The molecule has 0 spiro atoms. The molecule has 1 aromatic rings. The van der Waals surface area contributed by atoms with E-state index in [0.29, 0.717) is 25.7 Å². The van der Waals surface area contributed by atoms with Crippen LogP contribution in [-0.2, 0) is 20.9 Å². The maximum absolute atomic E-state index is 12.7. The van der Waals surface area contributed by atoms with Crippen LogP contribution in [-0.4, -0.2) is 68.3 Å². The van der Waals surface area contributed by atoms with Gasteiger partial charge in [-0.3, -0.25) is 4.79 Å². The second kappa shape index (κ2) is 9.90. The lowest BCUT2D eigenvalue weighted by molar-refractivity contribution is -0.141. The Morgan fingerprint density at radius 2 is 1.96 bits per heavy atom. The van der Waals surface area contributed by atoms with E-state index >= 15 is 0 Å². The molecular formula is C20H30N2O3. The molecule has 1 aromatic carbocycles. The summed E-state index contributed by atoms with van der Waals surface area (Å²) in [6.07, 6.45) is 3.16. The summed E-state index contributed by atoms with van der Waals surface area (Å²) in [7, 11) is 0. The van der Waals surface area contributed by atoms with Crippen LogP contribution < -0.4 is 0 Å². The number of hydrogen-bond acceptors (Lipinski definition) is 4. The number of piperidine rings is 1. The van der Waals surface area contributed by atoms with Crippen molar-refractivity contribution < 1.29 is 14.3 Å². The monoisotopic (exact) mass is 346 g/mol. The Labute approximate surface area is 150 Å². The van der Waals surface area contributed by atoms with Gasteiger partial charge in [0.25, 0.3) is 0 Å². The molecule has 5 heteroatoms. The Bertz CT molecular complexity index is 517. The van der Waals surface area contributed by atoms with Crippen LogP contribution in [0.1, 0.15) is 24.8 Å². The molecule has 0 aromatic heterocycles. The van der Waals surface area contributed by atoms with Gasteiger partial charge in [0.1, 0.15) is 0 Å². The fourth-order valence-corrected chi connectivity index (χ4v) is 3.66. The van der Waals surface area contributed by atoms with Gasteiger partial charge in [0.05, 0.1) is 25.7 Å². The van der Waals surface area contributed by atoms with E-state index in [1.807, 2.05) is 23.1 Å². The lowest BCUT2D eigenvalue weighted by Crippen LogP contribution is -2.48. The van der Waals surface area contributed by atoms with Crippen LogP contribution in [0.5, 0.6) is 0 Å². The minimum atomic E-state index is 0.164. The number of amides is 1. The highest BCUT2D eigenvalue weighted by Gasteiger charge is 2.29. The van der Waals surface area contributed by atoms with Crippen molar-refractivity contribution in [2.45, 2.75) is 25.9 Å². The van der Waals surface area contributed by atoms with Gasteiger partial charge in [-0.25, -0.2) is 0 Å². The molecule has 2 saturated heterocycles. The molecule has 2 aliphatic rings. The average molecular weight is 346 g/mol. The van der Waals surface area contributed by atoms with Crippen LogP contribution in [0, 0.1) is 5.92 Å². The molecule has 2 fully saturated rings. The summed E-state index contributed by atoms with van der Waals surface area (Å²) in [5.41, 5.74) is 1.22. The molecular weight excluding hydrogens is 316 g/mol. The van der Waals surface area contributed by atoms with Gasteiger partial charge < -0.3 is 19.3 Å². The third-order valence-corrected chi connectivity index (χ3v) is 5.05. The SMILES string of the molecule is O=C([C@H]1CCCN(CCCOCc2ccccc2)C1)N1CCOCC1. The Morgan fingerprint density at radius 1 is 1.16 bits per heavy atom. The van der Waals surface area contributed by atoms with Crippen LogP contribution >= 0.6 is 0 Å². The van der Waals surface area contributed by atoms with Crippen molar-refractivity contribution in [2.75, 3.05) is 52.5 Å². The minimum absolute atomic E-state index is 0.164. The summed E-state index contributed by atoms with van der Waals surface area (Å²) in [6.45, 7) is 7.34. The number of likely N-dealkylation sites (tertiary alicyclic amines) is 1. The summed E-state index contributed by atoms with van der Waals surface area (Å²) in [5.74, 6) is 0.491. The first kappa shape index (κ1) is 18.4. The van der Waals surface area contributed by atoms with Crippen molar-refractivity contribution in [1.82, 2.24) is 9.80 Å². The number of carbonyl (C=O) groups excluding carboxylic acids is 1. The van der Waals surface area contributed by atoms with Gasteiger partial charge in [0, 0.05) is 32.8 Å². The predicted octanol–water partition coefficient (Wildman–Crippen LogP) is 2.16. The number of carbonyl (C=O) groups is 1. The van der Waals surface area contributed by atoms with E-state index in [9.17, 15) is 4.79 Å². The predicted molar refractivity (Wildman–Crippen MR) is 97.3 cm³/mol. The van der Waals surface area contributed by atoms with Crippen LogP contribution in [0.15, 0.2) is 30.3 Å². The summed E-state index contributed by atoms with van der Waals surface area (Å²) in [4.78, 5) is 17.1. The van der Waals surface area contributed by atoms with Gasteiger partial charge in [-0.2, -0.15) is 0 Å². The molecule has 5 nitrogen and oxygen atoms in total. The molecule has 0 bridgehead atoms. The second-order valence-electron chi connectivity index (χ2n) is 6.97. The first-order valence-corrected chi connectivity index (χ1v) is 9.53. The van der Waals surface area contributed by atoms with Crippen LogP contribution in [0.3, 0.4) is 0 Å². The highest BCUT2D eigenvalue weighted by atomic mass is 16.5. The molecule has 2 heterocycles.